The van der Waals surface area contributed by atoms with E-state index in [-0.39, 0.29) is 17.7 Å². The van der Waals surface area contributed by atoms with Crippen molar-refractivity contribution in [2.75, 3.05) is 17.2 Å². The Balaban J connectivity index is 1.61. The van der Waals surface area contributed by atoms with Gasteiger partial charge in [-0.2, -0.15) is 0 Å². The Morgan fingerprint density at radius 3 is 2.38 bits per heavy atom. The molecule has 0 bridgehead atoms. The highest BCUT2D eigenvalue weighted by Gasteiger charge is 2.21. The van der Waals surface area contributed by atoms with Gasteiger partial charge in [0.15, 0.2) is 0 Å². The van der Waals surface area contributed by atoms with Crippen LogP contribution in [0.1, 0.15) is 56.3 Å². The first kappa shape index (κ1) is 20.9. The van der Waals surface area contributed by atoms with Gasteiger partial charge in [-0.05, 0) is 55.2 Å². The van der Waals surface area contributed by atoms with Crippen molar-refractivity contribution in [1.29, 1.82) is 0 Å². The largest absolute Gasteiger partial charge is 0.493 e. The van der Waals surface area contributed by atoms with Crippen LogP contribution in [0.3, 0.4) is 0 Å². The summed E-state index contributed by atoms with van der Waals surface area (Å²) in [6.45, 7) is 4.76. The highest BCUT2D eigenvalue weighted by molar-refractivity contribution is 6.05. The molecule has 2 aromatic carbocycles. The van der Waals surface area contributed by atoms with E-state index in [1.807, 2.05) is 30.3 Å². The third-order valence-corrected chi connectivity index (χ3v) is 5.04. The Hall–Kier alpha value is -2.82. The smallest absolute Gasteiger partial charge is 0.255 e. The van der Waals surface area contributed by atoms with E-state index < -0.39 is 0 Å². The molecule has 1 aliphatic carbocycles. The number of carbonyl (C=O) groups excluding carboxylic acids is 2. The van der Waals surface area contributed by atoms with E-state index in [1.54, 1.807) is 18.2 Å². The second-order valence-electron chi connectivity index (χ2n) is 8.09. The van der Waals surface area contributed by atoms with Gasteiger partial charge >= 0.3 is 0 Å². The lowest BCUT2D eigenvalue weighted by molar-refractivity contribution is -0.120. The summed E-state index contributed by atoms with van der Waals surface area (Å²) >= 11 is 0. The Morgan fingerprint density at radius 2 is 1.66 bits per heavy atom. The number of benzene rings is 2. The van der Waals surface area contributed by atoms with E-state index >= 15 is 0 Å². The Labute approximate surface area is 172 Å². The Morgan fingerprint density at radius 1 is 0.966 bits per heavy atom. The first-order chi connectivity index (χ1) is 14.0. The summed E-state index contributed by atoms with van der Waals surface area (Å²) in [6.07, 6.45) is 5.37. The number of amides is 2. The maximum atomic E-state index is 12.6. The van der Waals surface area contributed by atoms with Crippen LogP contribution in [0.2, 0.25) is 0 Å². The first-order valence-corrected chi connectivity index (χ1v) is 10.5. The molecule has 1 fully saturated rings. The molecule has 3 rings (SSSR count). The highest BCUT2D eigenvalue weighted by atomic mass is 16.5. The molecule has 0 aliphatic heterocycles. The summed E-state index contributed by atoms with van der Waals surface area (Å²) in [5.41, 5.74) is 1.88. The van der Waals surface area contributed by atoms with Crippen LogP contribution in [-0.2, 0) is 4.79 Å². The second kappa shape index (κ2) is 10.1. The van der Waals surface area contributed by atoms with E-state index in [1.165, 1.54) is 6.42 Å². The first-order valence-electron chi connectivity index (χ1n) is 10.5. The fourth-order valence-corrected chi connectivity index (χ4v) is 3.48. The molecule has 0 heterocycles. The van der Waals surface area contributed by atoms with Crippen LogP contribution in [-0.4, -0.2) is 18.4 Å². The van der Waals surface area contributed by atoms with Crippen molar-refractivity contribution in [3.05, 3.63) is 54.1 Å². The molecule has 154 valence electrons. The van der Waals surface area contributed by atoms with Crippen LogP contribution in [0.25, 0.3) is 0 Å². The topological polar surface area (TPSA) is 67.4 Å². The lowest BCUT2D eigenvalue weighted by Gasteiger charge is -2.20. The molecular formula is C24H30N2O3. The van der Waals surface area contributed by atoms with Crippen molar-refractivity contribution in [3.8, 4) is 5.75 Å². The quantitative estimate of drug-likeness (QED) is 0.652. The molecule has 1 aliphatic rings. The van der Waals surface area contributed by atoms with Crippen molar-refractivity contribution in [1.82, 2.24) is 0 Å². The van der Waals surface area contributed by atoms with Gasteiger partial charge < -0.3 is 15.4 Å². The van der Waals surface area contributed by atoms with Crippen LogP contribution in [0.5, 0.6) is 5.75 Å². The van der Waals surface area contributed by atoms with Gasteiger partial charge in [-0.1, -0.05) is 45.2 Å². The standard InChI is InChI=1S/C24H30N2O3/c1-17(2)16-29-22-13-6-10-19(14-22)24(28)26-21-12-7-11-20(15-21)25-23(27)18-8-4-3-5-9-18/h6-7,10-15,17-18H,3-5,8-9,16H2,1-2H3,(H,25,27)(H,26,28). The highest BCUT2D eigenvalue weighted by Crippen LogP contribution is 2.25. The lowest BCUT2D eigenvalue weighted by Crippen LogP contribution is -2.24. The van der Waals surface area contributed by atoms with E-state index in [2.05, 4.69) is 24.5 Å². The maximum Gasteiger partial charge on any atom is 0.255 e. The molecule has 0 aromatic heterocycles. The van der Waals surface area contributed by atoms with Crippen molar-refractivity contribution < 1.29 is 14.3 Å². The van der Waals surface area contributed by atoms with Gasteiger partial charge in [0.05, 0.1) is 6.61 Å². The summed E-state index contributed by atoms with van der Waals surface area (Å²) in [7, 11) is 0. The molecule has 2 amide bonds. The zero-order valence-electron chi connectivity index (χ0n) is 17.2. The number of carbonyl (C=O) groups is 2. The number of anilines is 2. The van der Waals surface area contributed by atoms with E-state index in [4.69, 9.17) is 4.74 Å². The van der Waals surface area contributed by atoms with Gasteiger partial charge in [0.2, 0.25) is 5.91 Å². The fraction of sp³-hybridized carbons (Fsp3) is 0.417. The average molecular weight is 395 g/mol. The van der Waals surface area contributed by atoms with E-state index in [0.29, 0.717) is 35.2 Å². The lowest BCUT2D eigenvalue weighted by atomic mass is 9.88. The molecule has 0 saturated heterocycles. The van der Waals surface area contributed by atoms with Gasteiger partial charge in [-0.15, -0.1) is 0 Å². The molecule has 2 N–H and O–H groups in total. The van der Waals surface area contributed by atoms with E-state index in [9.17, 15) is 9.59 Å². The molecule has 0 atom stereocenters. The SMILES string of the molecule is CC(C)COc1cccc(C(=O)Nc2cccc(NC(=O)C3CCCCC3)c2)c1. The summed E-state index contributed by atoms with van der Waals surface area (Å²) in [5.74, 6) is 1.05. The normalized spacial score (nSPS) is 14.4. The van der Waals surface area contributed by atoms with Crippen molar-refractivity contribution in [2.24, 2.45) is 11.8 Å². The van der Waals surface area contributed by atoms with Crippen molar-refractivity contribution >= 4 is 23.2 Å². The number of nitrogens with one attached hydrogen (secondary N) is 2. The van der Waals surface area contributed by atoms with Crippen LogP contribution in [0, 0.1) is 11.8 Å². The monoisotopic (exact) mass is 394 g/mol. The van der Waals surface area contributed by atoms with Crippen molar-refractivity contribution in [3.63, 3.8) is 0 Å². The van der Waals surface area contributed by atoms with Gasteiger partial charge in [0.25, 0.3) is 5.91 Å². The summed E-state index contributed by atoms with van der Waals surface area (Å²) in [5, 5.41) is 5.89. The summed E-state index contributed by atoms with van der Waals surface area (Å²) < 4.78 is 5.70. The van der Waals surface area contributed by atoms with Gasteiger partial charge in [0.1, 0.15) is 5.75 Å². The van der Waals surface area contributed by atoms with Gasteiger partial charge in [0, 0.05) is 22.9 Å². The van der Waals surface area contributed by atoms with Crippen LogP contribution in [0.15, 0.2) is 48.5 Å². The van der Waals surface area contributed by atoms with E-state index in [0.717, 1.165) is 25.7 Å². The zero-order chi connectivity index (χ0) is 20.6. The molecule has 0 radical (unpaired) electrons. The van der Waals surface area contributed by atoms with Gasteiger partial charge in [-0.25, -0.2) is 0 Å². The Kier molecular flexibility index (Phi) is 7.28. The molecule has 0 unspecified atom stereocenters. The third-order valence-electron chi connectivity index (χ3n) is 5.04. The predicted octanol–water partition coefficient (Wildman–Crippen LogP) is 5.49. The number of hydrogen-bond donors (Lipinski definition) is 2. The molecule has 5 nitrogen and oxygen atoms in total. The maximum absolute atomic E-state index is 12.6. The summed E-state index contributed by atoms with van der Waals surface area (Å²) in [4.78, 5) is 25.1. The number of hydrogen-bond acceptors (Lipinski definition) is 3. The number of ether oxygens (including phenoxy) is 1. The minimum Gasteiger partial charge on any atom is -0.493 e. The molecule has 29 heavy (non-hydrogen) atoms. The van der Waals surface area contributed by atoms with Gasteiger partial charge in [-0.3, -0.25) is 9.59 Å². The minimum atomic E-state index is -0.212. The zero-order valence-corrected chi connectivity index (χ0v) is 17.2. The van der Waals surface area contributed by atoms with Crippen LogP contribution >= 0.6 is 0 Å². The second-order valence-corrected chi connectivity index (χ2v) is 8.09. The molecule has 1 saturated carbocycles. The molecular weight excluding hydrogens is 364 g/mol. The number of rotatable bonds is 7. The van der Waals surface area contributed by atoms with Crippen LogP contribution < -0.4 is 15.4 Å². The average Bonchev–Trinajstić information content (AvgIpc) is 2.73. The molecule has 5 heteroatoms. The third kappa shape index (κ3) is 6.34. The Bertz CT molecular complexity index is 842. The molecule has 2 aromatic rings. The summed E-state index contributed by atoms with van der Waals surface area (Å²) in [6, 6.07) is 14.4. The fourth-order valence-electron chi connectivity index (χ4n) is 3.48. The molecule has 0 spiro atoms. The van der Waals surface area contributed by atoms with Crippen molar-refractivity contribution in [2.45, 2.75) is 46.0 Å². The van der Waals surface area contributed by atoms with Crippen LogP contribution in [0.4, 0.5) is 11.4 Å². The predicted molar refractivity (Wildman–Crippen MR) is 116 cm³/mol. The minimum absolute atomic E-state index is 0.0724.